The Kier molecular flexibility index (Phi) is 4.46. The van der Waals surface area contributed by atoms with E-state index in [1.807, 2.05) is 6.08 Å². The zero-order valence-electron chi connectivity index (χ0n) is 8.92. The Hall–Kier alpha value is -0.340. The highest BCUT2D eigenvalue weighted by atomic mass is 15.1. The van der Waals surface area contributed by atoms with Crippen molar-refractivity contribution in [3.05, 3.63) is 12.7 Å². The first kappa shape index (κ1) is 10.7. The summed E-state index contributed by atoms with van der Waals surface area (Å²) in [5.74, 6) is 0.992. The molecular formula is C11H22N2. The zero-order chi connectivity index (χ0) is 9.68. The van der Waals surface area contributed by atoms with Gasteiger partial charge in [0.05, 0.1) is 0 Å². The Bertz CT molecular complexity index is 152. The van der Waals surface area contributed by atoms with Gasteiger partial charge in [0, 0.05) is 25.7 Å². The van der Waals surface area contributed by atoms with Gasteiger partial charge < -0.3 is 10.2 Å². The van der Waals surface area contributed by atoms with Crippen LogP contribution in [0.4, 0.5) is 0 Å². The highest BCUT2D eigenvalue weighted by Gasteiger charge is 2.24. The van der Waals surface area contributed by atoms with Crippen molar-refractivity contribution in [1.29, 1.82) is 0 Å². The van der Waals surface area contributed by atoms with E-state index < -0.39 is 0 Å². The van der Waals surface area contributed by atoms with Crippen LogP contribution >= 0.6 is 0 Å². The van der Waals surface area contributed by atoms with Crippen molar-refractivity contribution >= 4 is 0 Å². The molecule has 2 heteroatoms. The maximum atomic E-state index is 3.68. The molecule has 0 aromatic rings. The molecule has 0 heterocycles. The lowest BCUT2D eigenvalue weighted by molar-refractivity contribution is 0.243. The Balaban J connectivity index is 2.05. The fourth-order valence-electron chi connectivity index (χ4n) is 1.44. The van der Waals surface area contributed by atoms with Crippen LogP contribution < -0.4 is 5.32 Å². The van der Waals surface area contributed by atoms with Crippen LogP contribution in [0.3, 0.4) is 0 Å². The van der Waals surface area contributed by atoms with E-state index in [0.717, 1.165) is 19.0 Å². The molecule has 1 fully saturated rings. The lowest BCUT2D eigenvalue weighted by atomic mass is 10.2. The molecule has 0 aromatic heterocycles. The molecule has 0 aliphatic heterocycles. The molecule has 1 N–H and O–H groups in total. The molecule has 0 bridgehead atoms. The van der Waals surface area contributed by atoms with Crippen molar-refractivity contribution in [2.75, 3.05) is 26.7 Å². The fraction of sp³-hybridized carbons (Fsp3) is 0.818. The van der Waals surface area contributed by atoms with Gasteiger partial charge >= 0.3 is 0 Å². The van der Waals surface area contributed by atoms with E-state index in [-0.39, 0.29) is 0 Å². The van der Waals surface area contributed by atoms with Crippen LogP contribution in [0.2, 0.25) is 0 Å². The molecule has 1 aliphatic rings. The molecule has 2 nitrogen and oxygen atoms in total. The van der Waals surface area contributed by atoms with Gasteiger partial charge in [-0.05, 0) is 32.7 Å². The summed E-state index contributed by atoms with van der Waals surface area (Å²) in [6.07, 6.45) is 4.79. The van der Waals surface area contributed by atoms with E-state index in [1.165, 1.54) is 19.4 Å². The Morgan fingerprint density at radius 1 is 1.62 bits per heavy atom. The van der Waals surface area contributed by atoms with Crippen LogP contribution in [0.25, 0.3) is 0 Å². The lowest BCUT2D eigenvalue weighted by Crippen LogP contribution is -2.38. The monoisotopic (exact) mass is 182 g/mol. The van der Waals surface area contributed by atoms with Gasteiger partial charge in [-0.3, -0.25) is 0 Å². The minimum atomic E-state index is 0.639. The summed E-state index contributed by atoms with van der Waals surface area (Å²) in [5.41, 5.74) is 0. The second kappa shape index (κ2) is 5.40. The molecule has 0 aromatic carbocycles. The minimum Gasteiger partial charge on any atom is -0.312 e. The molecule has 1 rings (SSSR count). The van der Waals surface area contributed by atoms with Crippen molar-refractivity contribution < 1.29 is 0 Å². The predicted octanol–water partition coefficient (Wildman–Crippen LogP) is 1.49. The quantitative estimate of drug-likeness (QED) is 0.474. The summed E-state index contributed by atoms with van der Waals surface area (Å²) < 4.78 is 0. The largest absolute Gasteiger partial charge is 0.312 e. The molecule has 13 heavy (non-hydrogen) atoms. The average molecular weight is 182 g/mol. The van der Waals surface area contributed by atoms with Gasteiger partial charge in [0.2, 0.25) is 0 Å². The molecule has 0 radical (unpaired) electrons. The summed E-state index contributed by atoms with van der Waals surface area (Å²) in [7, 11) is 2.22. The van der Waals surface area contributed by atoms with E-state index >= 15 is 0 Å². The SMILES string of the molecule is C=CCNCC(C)N(C)CC1CC1. The van der Waals surface area contributed by atoms with E-state index in [2.05, 4.69) is 30.8 Å². The van der Waals surface area contributed by atoms with E-state index in [1.54, 1.807) is 0 Å². The first-order chi connectivity index (χ1) is 6.24. The zero-order valence-corrected chi connectivity index (χ0v) is 8.92. The van der Waals surface area contributed by atoms with Gasteiger partial charge in [-0.25, -0.2) is 0 Å². The number of hydrogen-bond acceptors (Lipinski definition) is 2. The summed E-state index contributed by atoms with van der Waals surface area (Å²) in [6.45, 7) is 9.22. The topological polar surface area (TPSA) is 15.3 Å². The number of nitrogens with zero attached hydrogens (tertiary/aromatic N) is 1. The van der Waals surface area contributed by atoms with Crippen molar-refractivity contribution in [2.45, 2.75) is 25.8 Å². The Labute approximate surface area is 82.0 Å². The van der Waals surface area contributed by atoms with Crippen molar-refractivity contribution in [2.24, 2.45) is 5.92 Å². The normalized spacial score (nSPS) is 19.0. The van der Waals surface area contributed by atoms with Crippen molar-refractivity contribution in [1.82, 2.24) is 10.2 Å². The third-order valence-corrected chi connectivity index (χ3v) is 2.72. The summed E-state index contributed by atoms with van der Waals surface area (Å²) in [4.78, 5) is 2.45. The second-order valence-corrected chi connectivity index (χ2v) is 4.18. The fourth-order valence-corrected chi connectivity index (χ4v) is 1.44. The molecule has 1 atom stereocenters. The molecule has 0 amide bonds. The molecular weight excluding hydrogens is 160 g/mol. The maximum Gasteiger partial charge on any atom is 0.0189 e. The van der Waals surface area contributed by atoms with Crippen molar-refractivity contribution in [3.8, 4) is 0 Å². The van der Waals surface area contributed by atoms with Crippen LogP contribution in [-0.4, -0.2) is 37.6 Å². The molecule has 76 valence electrons. The first-order valence-electron chi connectivity index (χ1n) is 5.26. The summed E-state index contributed by atoms with van der Waals surface area (Å²) in [6, 6.07) is 0.639. The van der Waals surface area contributed by atoms with Gasteiger partial charge in [0.1, 0.15) is 0 Å². The molecule has 1 saturated carbocycles. The van der Waals surface area contributed by atoms with Crippen LogP contribution in [0.1, 0.15) is 19.8 Å². The minimum absolute atomic E-state index is 0.639. The number of rotatable bonds is 7. The van der Waals surface area contributed by atoms with Crippen LogP contribution in [0.5, 0.6) is 0 Å². The molecule has 1 unspecified atom stereocenters. The van der Waals surface area contributed by atoms with E-state index in [0.29, 0.717) is 6.04 Å². The van der Waals surface area contributed by atoms with Gasteiger partial charge in [0.15, 0.2) is 0 Å². The molecule has 0 saturated heterocycles. The standard InChI is InChI=1S/C11H22N2/c1-4-7-12-8-10(2)13(3)9-11-5-6-11/h4,10-12H,1,5-9H2,2-3H3. The van der Waals surface area contributed by atoms with Crippen LogP contribution in [0.15, 0.2) is 12.7 Å². The predicted molar refractivity (Wildman–Crippen MR) is 57.9 cm³/mol. The first-order valence-corrected chi connectivity index (χ1v) is 5.26. The Morgan fingerprint density at radius 2 is 2.31 bits per heavy atom. The summed E-state index contributed by atoms with van der Waals surface area (Å²) in [5, 5.41) is 3.35. The van der Waals surface area contributed by atoms with E-state index in [4.69, 9.17) is 0 Å². The third-order valence-electron chi connectivity index (χ3n) is 2.72. The highest BCUT2D eigenvalue weighted by Crippen LogP contribution is 2.29. The maximum absolute atomic E-state index is 3.68. The van der Waals surface area contributed by atoms with Gasteiger partial charge in [-0.2, -0.15) is 0 Å². The van der Waals surface area contributed by atoms with Crippen LogP contribution in [-0.2, 0) is 0 Å². The third kappa shape index (κ3) is 4.44. The number of hydrogen-bond donors (Lipinski definition) is 1. The van der Waals surface area contributed by atoms with Gasteiger partial charge in [-0.15, -0.1) is 6.58 Å². The van der Waals surface area contributed by atoms with Gasteiger partial charge in [-0.1, -0.05) is 6.08 Å². The summed E-state index contributed by atoms with van der Waals surface area (Å²) >= 11 is 0. The van der Waals surface area contributed by atoms with Crippen LogP contribution in [0, 0.1) is 5.92 Å². The number of likely N-dealkylation sites (N-methyl/N-ethyl adjacent to an activating group) is 1. The highest BCUT2D eigenvalue weighted by molar-refractivity contribution is 4.79. The van der Waals surface area contributed by atoms with E-state index in [9.17, 15) is 0 Å². The molecule has 0 spiro atoms. The lowest BCUT2D eigenvalue weighted by Gasteiger charge is -2.24. The van der Waals surface area contributed by atoms with Gasteiger partial charge in [0.25, 0.3) is 0 Å². The number of nitrogens with one attached hydrogen (secondary N) is 1. The second-order valence-electron chi connectivity index (χ2n) is 4.18. The average Bonchev–Trinajstić information content (AvgIpc) is 2.88. The smallest absolute Gasteiger partial charge is 0.0189 e. The van der Waals surface area contributed by atoms with Crippen molar-refractivity contribution in [3.63, 3.8) is 0 Å². The Morgan fingerprint density at radius 3 is 2.85 bits per heavy atom. The molecule has 1 aliphatic carbocycles.